The summed E-state index contributed by atoms with van der Waals surface area (Å²) < 4.78 is 12.8. The molecule has 2 aromatic heterocycles. The summed E-state index contributed by atoms with van der Waals surface area (Å²) in [7, 11) is 0. The standard InChI is InChI=1S/C26H24N4O4S2/c1-16-5-8-22-27-23(28-9-3-2-4-10-28)18(24(31)29(22)13-16)12-21-25(32)30(26(35)36-21)14-17-6-7-19-20(11-17)34-15-33-19/h5-8,11-13H,2-4,9-10,14-15H2,1H3/b21-12-. The average Bonchev–Trinajstić information content (AvgIpc) is 3.46. The molecule has 3 aliphatic rings. The van der Waals surface area contributed by atoms with Gasteiger partial charge in [0.25, 0.3) is 11.5 Å². The number of nitrogens with zero attached hydrogens (tertiary/aromatic N) is 4. The minimum atomic E-state index is -0.221. The van der Waals surface area contributed by atoms with Gasteiger partial charge in [-0.15, -0.1) is 0 Å². The lowest BCUT2D eigenvalue weighted by Gasteiger charge is -2.29. The highest BCUT2D eigenvalue weighted by Crippen LogP contribution is 2.37. The molecule has 3 aromatic rings. The minimum Gasteiger partial charge on any atom is -0.454 e. The Labute approximate surface area is 217 Å². The number of anilines is 1. The van der Waals surface area contributed by atoms with Gasteiger partial charge in [0, 0.05) is 19.3 Å². The summed E-state index contributed by atoms with van der Waals surface area (Å²) in [5.41, 5.74) is 2.67. The zero-order valence-corrected chi connectivity index (χ0v) is 21.4. The van der Waals surface area contributed by atoms with Crippen LogP contribution >= 0.6 is 24.0 Å². The summed E-state index contributed by atoms with van der Waals surface area (Å²) >= 11 is 6.77. The van der Waals surface area contributed by atoms with Crippen molar-refractivity contribution in [3.8, 4) is 11.5 Å². The van der Waals surface area contributed by atoms with Crippen LogP contribution in [0.1, 0.15) is 36.0 Å². The van der Waals surface area contributed by atoms with E-state index in [9.17, 15) is 9.59 Å². The number of aryl methyl sites for hydroxylation is 1. The fraction of sp³-hybridized carbons (Fsp3) is 0.308. The first-order valence-electron chi connectivity index (χ1n) is 11.9. The molecule has 8 nitrogen and oxygen atoms in total. The molecule has 0 atom stereocenters. The number of hydrogen-bond acceptors (Lipinski definition) is 8. The molecule has 36 heavy (non-hydrogen) atoms. The molecule has 3 aliphatic heterocycles. The van der Waals surface area contributed by atoms with Crippen LogP contribution in [0.15, 0.2) is 46.2 Å². The number of aromatic nitrogens is 2. The highest BCUT2D eigenvalue weighted by molar-refractivity contribution is 8.26. The topological polar surface area (TPSA) is 76.4 Å². The van der Waals surface area contributed by atoms with Gasteiger partial charge < -0.3 is 14.4 Å². The lowest BCUT2D eigenvalue weighted by molar-refractivity contribution is -0.122. The predicted octanol–water partition coefficient (Wildman–Crippen LogP) is 4.12. The maximum Gasteiger partial charge on any atom is 0.267 e. The van der Waals surface area contributed by atoms with Crippen LogP contribution in [0.25, 0.3) is 11.7 Å². The SMILES string of the molecule is Cc1ccc2nc(N3CCCCC3)c(/C=C3\SC(=S)N(Cc4ccc5c(c4)OCO5)C3=O)c(=O)n2c1. The molecule has 5 heterocycles. The molecule has 6 rings (SSSR count). The van der Waals surface area contributed by atoms with E-state index in [1.54, 1.807) is 21.6 Å². The van der Waals surface area contributed by atoms with Crippen LogP contribution in [-0.4, -0.2) is 44.4 Å². The fourth-order valence-electron chi connectivity index (χ4n) is 4.71. The van der Waals surface area contributed by atoms with Gasteiger partial charge in [0.15, 0.2) is 11.5 Å². The Balaban J connectivity index is 1.38. The van der Waals surface area contributed by atoms with Crippen molar-refractivity contribution in [2.75, 3.05) is 24.8 Å². The van der Waals surface area contributed by atoms with Crippen molar-refractivity contribution < 1.29 is 14.3 Å². The van der Waals surface area contributed by atoms with E-state index >= 15 is 0 Å². The van der Waals surface area contributed by atoms with Gasteiger partial charge in [-0.1, -0.05) is 36.1 Å². The van der Waals surface area contributed by atoms with Gasteiger partial charge in [-0.3, -0.25) is 18.9 Å². The second-order valence-corrected chi connectivity index (χ2v) is 10.8. The van der Waals surface area contributed by atoms with Gasteiger partial charge >= 0.3 is 0 Å². The van der Waals surface area contributed by atoms with E-state index in [1.165, 1.54) is 11.8 Å². The van der Waals surface area contributed by atoms with E-state index in [2.05, 4.69) is 4.90 Å². The van der Waals surface area contributed by atoms with Crippen LogP contribution in [0.2, 0.25) is 0 Å². The van der Waals surface area contributed by atoms with Crippen molar-refractivity contribution in [3.05, 3.63) is 68.5 Å². The second-order valence-electron chi connectivity index (χ2n) is 9.09. The molecule has 0 unspecified atom stereocenters. The van der Waals surface area contributed by atoms with Crippen molar-refractivity contribution in [2.45, 2.75) is 32.7 Å². The Morgan fingerprint density at radius 2 is 1.89 bits per heavy atom. The number of amides is 1. The molecular weight excluding hydrogens is 496 g/mol. The van der Waals surface area contributed by atoms with Gasteiger partial charge in [0.1, 0.15) is 15.8 Å². The van der Waals surface area contributed by atoms with Gasteiger partial charge in [0.05, 0.1) is 17.0 Å². The molecular formula is C26H24N4O4S2. The smallest absolute Gasteiger partial charge is 0.267 e. The van der Waals surface area contributed by atoms with Crippen LogP contribution in [0.4, 0.5) is 5.82 Å². The summed E-state index contributed by atoms with van der Waals surface area (Å²) in [4.78, 5) is 36.1. The molecule has 2 fully saturated rings. The van der Waals surface area contributed by atoms with E-state index in [-0.39, 0.29) is 18.3 Å². The normalized spacial score (nSPS) is 18.6. The Morgan fingerprint density at radius 3 is 2.72 bits per heavy atom. The maximum atomic E-state index is 13.7. The molecule has 0 aliphatic carbocycles. The van der Waals surface area contributed by atoms with Crippen LogP contribution in [0.3, 0.4) is 0 Å². The Hall–Kier alpha value is -3.37. The first-order valence-corrected chi connectivity index (χ1v) is 13.1. The lowest BCUT2D eigenvalue weighted by atomic mass is 10.1. The number of ether oxygens (including phenoxy) is 2. The Kier molecular flexibility index (Phi) is 5.93. The average molecular weight is 521 g/mol. The molecule has 10 heteroatoms. The summed E-state index contributed by atoms with van der Waals surface area (Å²) in [6.07, 6.45) is 6.72. The van der Waals surface area contributed by atoms with E-state index in [0.717, 1.165) is 43.5 Å². The van der Waals surface area contributed by atoms with Crippen molar-refractivity contribution in [2.24, 2.45) is 0 Å². The van der Waals surface area contributed by atoms with Gasteiger partial charge in [-0.05, 0) is 61.6 Å². The van der Waals surface area contributed by atoms with Crippen molar-refractivity contribution in [1.82, 2.24) is 14.3 Å². The van der Waals surface area contributed by atoms with Crippen LogP contribution < -0.4 is 19.9 Å². The number of thioether (sulfide) groups is 1. The number of thiocarbonyl (C=S) groups is 1. The molecule has 184 valence electrons. The lowest BCUT2D eigenvalue weighted by Crippen LogP contribution is -2.33. The van der Waals surface area contributed by atoms with E-state index in [4.69, 9.17) is 26.7 Å². The highest BCUT2D eigenvalue weighted by Gasteiger charge is 2.33. The van der Waals surface area contributed by atoms with Gasteiger partial charge in [-0.25, -0.2) is 4.98 Å². The molecule has 1 amide bonds. The number of fused-ring (bicyclic) bond motifs is 2. The van der Waals surface area contributed by atoms with Gasteiger partial charge in [-0.2, -0.15) is 0 Å². The Bertz CT molecular complexity index is 1490. The van der Waals surface area contributed by atoms with E-state index in [1.807, 2.05) is 37.3 Å². The first-order chi connectivity index (χ1) is 17.5. The summed E-state index contributed by atoms with van der Waals surface area (Å²) in [5, 5.41) is 0. The quantitative estimate of drug-likeness (QED) is 0.376. The van der Waals surface area contributed by atoms with Crippen molar-refractivity contribution in [1.29, 1.82) is 0 Å². The summed E-state index contributed by atoms with van der Waals surface area (Å²) in [6.45, 7) is 4.11. The minimum absolute atomic E-state index is 0.190. The number of carbonyl (C=O) groups is 1. The number of pyridine rings is 1. The van der Waals surface area contributed by atoms with Crippen molar-refractivity contribution >= 4 is 51.7 Å². The number of rotatable bonds is 4. The third-order valence-electron chi connectivity index (χ3n) is 6.57. The van der Waals surface area contributed by atoms with Crippen LogP contribution in [0.5, 0.6) is 11.5 Å². The predicted molar refractivity (Wildman–Crippen MR) is 144 cm³/mol. The zero-order valence-electron chi connectivity index (χ0n) is 19.7. The molecule has 0 spiro atoms. The van der Waals surface area contributed by atoms with Crippen LogP contribution in [-0.2, 0) is 11.3 Å². The van der Waals surface area contributed by atoms with Gasteiger partial charge in [0.2, 0.25) is 6.79 Å². The third-order valence-corrected chi connectivity index (χ3v) is 7.95. The number of hydrogen-bond donors (Lipinski definition) is 0. The molecule has 0 N–H and O–H groups in total. The molecule has 0 saturated carbocycles. The third kappa shape index (κ3) is 4.14. The Morgan fingerprint density at radius 1 is 1.08 bits per heavy atom. The zero-order chi connectivity index (χ0) is 24.8. The highest BCUT2D eigenvalue weighted by atomic mass is 32.2. The van der Waals surface area contributed by atoms with Crippen molar-refractivity contribution in [3.63, 3.8) is 0 Å². The second kappa shape index (κ2) is 9.25. The number of piperidine rings is 1. The summed E-state index contributed by atoms with van der Waals surface area (Å²) in [6, 6.07) is 9.40. The van der Waals surface area contributed by atoms with E-state index in [0.29, 0.717) is 44.3 Å². The molecule has 2 saturated heterocycles. The van der Waals surface area contributed by atoms with Crippen LogP contribution in [0, 0.1) is 6.92 Å². The number of benzene rings is 1. The molecule has 0 radical (unpaired) electrons. The largest absolute Gasteiger partial charge is 0.454 e. The number of carbonyl (C=O) groups excluding carboxylic acids is 1. The molecule has 1 aromatic carbocycles. The van der Waals surface area contributed by atoms with E-state index < -0.39 is 0 Å². The first kappa shape index (κ1) is 23.1. The monoisotopic (exact) mass is 520 g/mol. The maximum absolute atomic E-state index is 13.7. The molecule has 0 bridgehead atoms. The summed E-state index contributed by atoms with van der Waals surface area (Å²) in [5.74, 6) is 1.75. The fourth-order valence-corrected chi connectivity index (χ4v) is 5.95.